The number of fused-ring (bicyclic) bond motifs is 15. The van der Waals surface area contributed by atoms with Crippen LogP contribution >= 0.6 is 0 Å². The number of carboxylic acids is 1. The zero-order valence-electron chi connectivity index (χ0n) is 60.8. The number of esters is 1. The van der Waals surface area contributed by atoms with Gasteiger partial charge in [-0.05, 0) is 65.8 Å². The van der Waals surface area contributed by atoms with Crippen LogP contribution in [-0.2, 0) is 23.8 Å². The zero-order chi connectivity index (χ0) is 78.1. The molecule has 3 aromatic carbocycles. The first kappa shape index (κ1) is 81.0. The lowest BCUT2D eigenvalue weighted by Crippen LogP contribution is -2.54. The number of aromatic hydroxyl groups is 3. The van der Waals surface area contributed by atoms with Crippen LogP contribution in [0.5, 0.6) is 23.0 Å². The molecule has 1 aliphatic carbocycles. The predicted molar refractivity (Wildman–Crippen MR) is 389 cm³/mol. The molecule has 6 aromatic rings. The number of anilines is 3. The monoisotopic (exact) mass is 1470 g/mol. The van der Waals surface area contributed by atoms with Gasteiger partial charge >= 0.3 is 17.7 Å². The number of carbonyl (C=O) groups is 6. The first-order chi connectivity index (χ1) is 50.1. The Morgan fingerprint density at radius 1 is 0.849 bits per heavy atom. The molecule has 1 saturated carbocycles. The summed E-state index contributed by atoms with van der Waals surface area (Å²) in [5, 5.41) is 79.1. The van der Waals surface area contributed by atoms with E-state index in [2.05, 4.69) is 35.6 Å². The number of carbonyl (C=O) groups excluding carboxylic acids is 5. The number of hydrazone groups is 1. The third-order valence-electron chi connectivity index (χ3n) is 19.2. The smallest absolute Gasteiger partial charge is 0.341 e. The lowest BCUT2D eigenvalue weighted by molar-refractivity contribution is -0.160. The molecule has 0 radical (unpaired) electrons. The van der Waals surface area contributed by atoms with Gasteiger partial charge in [0.25, 0.3) is 23.5 Å². The average molecular weight is 1480 g/mol. The molecule has 570 valence electrons. The fraction of sp³-hybridized carbons (Fsp3) is 0.438. The third kappa shape index (κ3) is 17.8. The molecule has 12 rings (SSSR count). The summed E-state index contributed by atoms with van der Waals surface area (Å²) in [5.74, 6) is -7.65. The molecule has 3 amide bonds. The maximum absolute atomic E-state index is 15.6. The highest BCUT2D eigenvalue weighted by atomic mass is 19.1. The number of halogens is 2. The van der Waals surface area contributed by atoms with E-state index in [9.17, 15) is 64.2 Å². The van der Waals surface area contributed by atoms with Gasteiger partial charge in [0.1, 0.15) is 40.3 Å². The van der Waals surface area contributed by atoms with Crippen LogP contribution in [0.2, 0.25) is 0 Å². The van der Waals surface area contributed by atoms with Crippen LogP contribution in [0.15, 0.2) is 95.3 Å². The van der Waals surface area contributed by atoms with Gasteiger partial charge in [-0.1, -0.05) is 45.9 Å². The number of Topliss-reactive ketones (excluding diaryl/α,β-unsaturated/α-hetero) is 1. The maximum atomic E-state index is 15.6. The van der Waals surface area contributed by atoms with Crippen molar-refractivity contribution >= 4 is 80.4 Å². The molecule has 15 N–H and O–H groups in total. The number of aromatic nitrogens is 4. The van der Waals surface area contributed by atoms with Gasteiger partial charge in [0.2, 0.25) is 5.43 Å². The minimum absolute atomic E-state index is 0.0134. The Labute approximate surface area is 609 Å². The first-order valence-corrected chi connectivity index (χ1v) is 34.2. The van der Waals surface area contributed by atoms with Crippen LogP contribution in [0, 0.1) is 42.2 Å². The van der Waals surface area contributed by atoms with Gasteiger partial charge in [-0.25, -0.2) is 24.4 Å². The number of hydrogen-bond acceptors (Lipinski definition) is 26. The second-order valence-electron chi connectivity index (χ2n) is 27.1. The van der Waals surface area contributed by atoms with E-state index in [1.807, 2.05) is 26.3 Å². The number of nitrogens with two attached hydrogens (primary N) is 3. The zero-order valence-corrected chi connectivity index (χ0v) is 60.8. The largest absolute Gasteiger partial charge is 0.507 e. The maximum Gasteiger partial charge on any atom is 0.341 e. The quantitative estimate of drug-likeness (QED) is 0.0121. The van der Waals surface area contributed by atoms with Gasteiger partial charge in [0.05, 0.1) is 75.8 Å². The number of methoxy groups -OCH3 is 1. The van der Waals surface area contributed by atoms with Gasteiger partial charge in [-0.15, -0.1) is 0 Å². The van der Waals surface area contributed by atoms with Crippen molar-refractivity contribution in [1.82, 2.24) is 40.2 Å². The van der Waals surface area contributed by atoms with E-state index in [4.69, 9.17) is 36.3 Å². The van der Waals surface area contributed by atoms with Crippen LogP contribution in [0.25, 0.3) is 21.7 Å². The number of rotatable bonds is 9. The van der Waals surface area contributed by atoms with E-state index in [1.165, 1.54) is 95.0 Å². The number of carboxylic acid groups (broad SMARTS) is 1. The molecular weight excluding hydrogens is 1380 g/mol. The number of nitrogens with one attached hydrogen (secondary N) is 3. The fourth-order valence-electron chi connectivity index (χ4n) is 13.1. The van der Waals surface area contributed by atoms with Crippen molar-refractivity contribution < 1.29 is 87.1 Å². The number of nitrogens with zero attached hydrogens (tertiary/aromatic N) is 8. The number of hydrogen-bond donors (Lipinski definition) is 12. The normalized spacial score (nSPS) is 25.4. The summed E-state index contributed by atoms with van der Waals surface area (Å²) in [6.45, 7) is 19.7. The van der Waals surface area contributed by atoms with E-state index in [0.29, 0.717) is 31.7 Å². The molecule has 31 nitrogen and oxygen atoms in total. The number of piperazine rings is 2. The number of ketones is 1. The van der Waals surface area contributed by atoms with Crippen LogP contribution in [0.3, 0.4) is 0 Å². The molecule has 3 aromatic heterocycles. The Morgan fingerprint density at radius 2 is 1.50 bits per heavy atom. The van der Waals surface area contributed by atoms with E-state index >= 15 is 8.78 Å². The number of primary amides is 1. The van der Waals surface area contributed by atoms with Gasteiger partial charge in [0.15, 0.2) is 17.4 Å². The Bertz CT molecular complexity index is 4470. The Hall–Kier alpha value is -10.7. The van der Waals surface area contributed by atoms with Gasteiger partial charge < -0.3 is 86.1 Å². The standard InChI is InChI=1S/C43H58N4O12.C19H22F2N4O3.C6H7N3O.C5H5N3O/c1-21-12-11-13-22(2)42(55)45-33-28(20-44-47-17-15-46(9)16-18-47)37(52)30-31(38(33)53)36(51)26(6)40-32(30)41(54)43(8,59-40)57-19-14-29(56-10)23(3)39(58-27(7)48)25(5)35(50)24(4)34(21)49;1-8-5-24(6-9(2)23-8)17-13(20)15(22)12-16(14(17)21)25(10-3-4-10)7-11(18(12)26)19(27)28;7-9-6(10)5-1-3-8-4-2-5;6-5(9)4-3-7-1-2-8-4/h11-14,19-21,23-25,29,34-35,39,49-53H,15-18H2,1-10H3,(H,45,55);7-10,23H,3-6,22H2,1-2H3,(H,27,28);1-4H,7H2,(H,9,10);1-3H,(H2,6,9)/b12-11+,19-14+,22-13-,44-20-;;;/t21-,23+,24+,25+,29-,34-,35+,39+,43-;8-,9+;;/m0.../s1. The number of aliphatic hydroxyl groups excluding tert-OH is 2. The number of allylic oxidation sites excluding steroid dienone is 2. The van der Waals surface area contributed by atoms with Gasteiger partial charge in [-0.3, -0.25) is 49.2 Å². The van der Waals surface area contributed by atoms with Crippen LogP contribution in [0.4, 0.5) is 25.8 Å². The number of phenols is 3. The van der Waals surface area contributed by atoms with Crippen LogP contribution < -0.4 is 48.4 Å². The summed E-state index contributed by atoms with van der Waals surface area (Å²) < 4.78 is 55.8. The highest BCUT2D eigenvalue weighted by molar-refractivity contribution is 6.24. The number of likely N-dealkylation sites (N-methyl/N-ethyl adjacent to an activating group) is 1. The lowest BCUT2D eigenvalue weighted by Gasteiger charge is -2.38. The van der Waals surface area contributed by atoms with Crippen LogP contribution in [0.1, 0.15) is 134 Å². The van der Waals surface area contributed by atoms with Crippen molar-refractivity contribution in [3.63, 3.8) is 0 Å². The molecule has 5 aliphatic heterocycles. The molecule has 5 bridgehead atoms. The summed E-state index contributed by atoms with van der Waals surface area (Å²) in [5.41, 5.74) is 10.8. The van der Waals surface area contributed by atoms with Crippen molar-refractivity contribution in [3.8, 4) is 23.0 Å². The summed E-state index contributed by atoms with van der Waals surface area (Å²) >= 11 is 0. The predicted octanol–water partition coefficient (Wildman–Crippen LogP) is 5.68. The highest BCUT2D eigenvalue weighted by Gasteiger charge is 2.50. The summed E-state index contributed by atoms with van der Waals surface area (Å²) in [6, 6.07) is 3.07. The number of hydrazine groups is 1. The number of pyridine rings is 2. The topological polar surface area (TPSA) is 458 Å². The number of amides is 3. The third-order valence-corrected chi connectivity index (χ3v) is 19.2. The molecule has 8 heterocycles. The van der Waals surface area contributed by atoms with Crippen molar-refractivity contribution in [1.29, 1.82) is 0 Å². The molecule has 33 heteroatoms. The van der Waals surface area contributed by atoms with E-state index < -0.39 is 134 Å². The molecule has 2 saturated heterocycles. The SMILES string of the molecule is CO[C@H]1/C=C/O[C@@]2(C)Oc3c(C)c(O)c4c(O)c(c(/C=N\N5CCN(C)CC5)c(O)c4c3C2=O)NC(=O)/C(C)=C\C=C\[C@H](C)[C@H](O)[C@@H](C)[C@@H](O)[C@@H](C)[C@H](OC(C)=O)[C@@H]1C.C[C@@H]1CN(c2c(F)c(N)c3c(=O)c(C(=O)O)cn(C4CC4)c3c2F)C[C@H](C)N1.NC(=O)c1cnccn1.NNC(=O)c1ccncc1. The summed E-state index contributed by atoms with van der Waals surface area (Å²) in [7, 11) is 3.42. The number of phenolic OH excluding ortho intramolecular Hbond substituents is 3. The Balaban J connectivity index is 0.000000243. The van der Waals surface area contributed by atoms with Gasteiger partial charge in [-0.2, -0.15) is 5.10 Å². The Morgan fingerprint density at radius 3 is 2.07 bits per heavy atom. The number of aliphatic hydroxyl groups is 2. The van der Waals surface area contributed by atoms with Crippen LogP contribution in [-0.4, -0.2) is 197 Å². The number of benzene rings is 3. The summed E-state index contributed by atoms with van der Waals surface area (Å²) in [6.07, 6.45) is 14.7. The van der Waals surface area contributed by atoms with E-state index in [1.54, 1.807) is 61.9 Å². The average Bonchev–Trinajstić information content (AvgIpc) is 1.35. The highest BCUT2D eigenvalue weighted by Crippen LogP contribution is 2.55. The molecule has 6 aliphatic rings. The molecule has 0 spiro atoms. The number of aromatic carboxylic acids is 1. The number of ether oxygens (including phenoxy) is 4. The molecule has 11 atom stereocenters. The van der Waals surface area contributed by atoms with E-state index in [0.717, 1.165) is 32.1 Å². The minimum atomic E-state index is -2.04. The molecule has 106 heavy (non-hydrogen) atoms. The fourth-order valence-corrected chi connectivity index (χ4v) is 13.1. The minimum Gasteiger partial charge on any atom is -0.507 e. The Kier molecular flexibility index (Phi) is 26.3. The molecular formula is C73H92F2N14O17. The van der Waals surface area contributed by atoms with Crippen molar-refractivity contribution in [2.45, 2.75) is 130 Å². The van der Waals surface area contributed by atoms with Crippen molar-refractivity contribution in [2.75, 3.05) is 69.4 Å². The number of nitrogen functional groups attached to an aromatic ring is 2. The second kappa shape index (κ2) is 34.5. The summed E-state index contributed by atoms with van der Waals surface area (Å²) in [4.78, 5) is 100. The second-order valence-corrected chi connectivity index (χ2v) is 27.1. The van der Waals surface area contributed by atoms with Gasteiger partial charge in [0, 0.05) is 155 Å². The first-order valence-electron chi connectivity index (χ1n) is 34.2. The molecule has 3 fully saturated rings. The van der Waals surface area contributed by atoms with E-state index in [-0.39, 0.29) is 85.4 Å². The van der Waals surface area contributed by atoms with Crippen molar-refractivity contribution in [2.24, 2.45) is 40.3 Å². The van der Waals surface area contributed by atoms with Crippen molar-refractivity contribution in [3.05, 3.63) is 141 Å². The lowest BCUT2D eigenvalue weighted by atomic mass is 9.78. The molecule has 0 unspecified atom stereocenters.